The number of carbonyl (C=O) groups is 1. The van der Waals surface area contributed by atoms with E-state index in [0.717, 1.165) is 32.1 Å². The third-order valence-electron chi connectivity index (χ3n) is 9.70. The van der Waals surface area contributed by atoms with E-state index in [9.17, 15) is 9.90 Å². The Kier molecular flexibility index (Phi) is 8.05. The van der Waals surface area contributed by atoms with Crippen molar-refractivity contribution >= 4 is 5.78 Å². The Bertz CT molecular complexity index is 625. The van der Waals surface area contributed by atoms with Crippen molar-refractivity contribution in [1.82, 2.24) is 0 Å². The van der Waals surface area contributed by atoms with Gasteiger partial charge in [0.2, 0.25) is 0 Å². The van der Waals surface area contributed by atoms with Gasteiger partial charge in [-0.15, -0.1) is 0 Å². The molecule has 9 atom stereocenters. The number of carbonyl (C=O) groups excluding carboxylic acids is 1. The van der Waals surface area contributed by atoms with Crippen molar-refractivity contribution < 1.29 is 9.90 Å². The SMILES string of the molecule is CCCCC1C(C2CCC([C@H](C)CCC#N)C2)C(=O)[C@@H](CC)[C@@H]2C[C@H](O)CC[C@]12C. The van der Waals surface area contributed by atoms with Gasteiger partial charge < -0.3 is 5.11 Å². The van der Waals surface area contributed by atoms with Crippen LogP contribution in [0.3, 0.4) is 0 Å². The van der Waals surface area contributed by atoms with Crippen molar-refractivity contribution in [2.45, 2.75) is 111 Å². The number of hydrogen-bond donors (Lipinski definition) is 1. The van der Waals surface area contributed by atoms with Gasteiger partial charge in [-0.2, -0.15) is 5.26 Å². The maximum Gasteiger partial charge on any atom is 0.139 e. The zero-order valence-electron chi connectivity index (χ0n) is 19.9. The highest BCUT2D eigenvalue weighted by Gasteiger charge is 2.58. The summed E-state index contributed by atoms with van der Waals surface area (Å²) in [6.07, 6.45) is 12.4. The third-order valence-corrected chi connectivity index (χ3v) is 9.70. The Morgan fingerprint density at radius 2 is 2.00 bits per heavy atom. The number of unbranched alkanes of at least 4 members (excludes halogenated alkanes) is 1. The quantitative estimate of drug-likeness (QED) is 0.489. The second-order valence-electron chi connectivity index (χ2n) is 11.2. The van der Waals surface area contributed by atoms with Crippen molar-refractivity contribution in [1.29, 1.82) is 5.26 Å². The first kappa shape index (κ1) is 23.8. The first-order valence-corrected chi connectivity index (χ1v) is 13.0. The van der Waals surface area contributed by atoms with Gasteiger partial charge in [-0.25, -0.2) is 0 Å². The molecule has 3 aliphatic rings. The molecule has 4 unspecified atom stereocenters. The lowest BCUT2D eigenvalue weighted by Crippen LogP contribution is -2.57. The number of aliphatic hydroxyl groups excluding tert-OH is 1. The number of aliphatic hydroxyl groups is 1. The van der Waals surface area contributed by atoms with E-state index in [2.05, 4.69) is 33.8 Å². The predicted molar refractivity (Wildman–Crippen MR) is 122 cm³/mol. The van der Waals surface area contributed by atoms with E-state index in [0.29, 0.717) is 41.8 Å². The molecule has 3 heteroatoms. The second kappa shape index (κ2) is 10.2. The molecule has 0 bridgehead atoms. The molecule has 0 radical (unpaired) electrons. The van der Waals surface area contributed by atoms with Crippen molar-refractivity contribution in [2.24, 2.45) is 46.8 Å². The molecule has 3 fully saturated rings. The Balaban J connectivity index is 1.86. The number of ketones is 1. The molecule has 3 saturated carbocycles. The van der Waals surface area contributed by atoms with Crippen LogP contribution in [0.1, 0.15) is 105 Å². The van der Waals surface area contributed by atoms with E-state index in [1.165, 1.54) is 38.5 Å². The molecular weight excluding hydrogens is 370 g/mol. The van der Waals surface area contributed by atoms with Crippen molar-refractivity contribution in [2.75, 3.05) is 0 Å². The fourth-order valence-electron chi connectivity index (χ4n) is 7.88. The normalized spacial score (nSPS) is 42.5. The van der Waals surface area contributed by atoms with Crippen LogP contribution < -0.4 is 0 Å². The standard InChI is InChI=1S/C27H45NO2/c1-5-7-10-23-25(20-12-11-19(16-20)18(3)9-8-15-28)26(30)22(6-2)24-17-21(29)13-14-27(23,24)4/h18-25,29H,5-14,16-17H2,1-4H3/t18-,19?,20?,21-,22+,23?,24+,25?,27-/m1/s1. The van der Waals surface area contributed by atoms with E-state index in [1.807, 2.05) is 0 Å². The van der Waals surface area contributed by atoms with Gasteiger partial charge in [-0.3, -0.25) is 4.79 Å². The van der Waals surface area contributed by atoms with Crippen LogP contribution in [-0.4, -0.2) is 17.0 Å². The van der Waals surface area contributed by atoms with Gasteiger partial charge in [-0.1, -0.05) is 40.5 Å². The molecule has 0 aromatic rings. The number of rotatable bonds is 8. The van der Waals surface area contributed by atoms with Crippen LogP contribution in [0.25, 0.3) is 0 Å². The van der Waals surface area contributed by atoms with Crippen LogP contribution >= 0.6 is 0 Å². The molecule has 3 aliphatic carbocycles. The average molecular weight is 416 g/mol. The molecule has 0 spiro atoms. The Labute approximate surface area is 185 Å². The van der Waals surface area contributed by atoms with Crippen molar-refractivity contribution in [3.63, 3.8) is 0 Å². The summed E-state index contributed by atoms with van der Waals surface area (Å²) < 4.78 is 0. The molecule has 30 heavy (non-hydrogen) atoms. The van der Waals surface area contributed by atoms with Crippen LogP contribution in [0.2, 0.25) is 0 Å². The molecule has 170 valence electrons. The lowest BCUT2D eigenvalue weighted by atomic mass is 9.46. The van der Waals surface area contributed by atoms with E-state index in [4.69, 9.17) is 5.26 Å². The maximum atomic E-state index is 13.9. The topological polar surface area (TPSA) is 61.1 Å². The summed E-state index contributed by atoms with van der Waals surface area (Å²) in [6, 6.07) is 2.31. The second-order valence-corrected chi connectivity index (χ2v) is 11.2. The number of hydrogen-bond acceptors (Lipinski definition) is 3. The first-order chi connectivity index (χ1) is 14.4. The highest BCUT2D eigenvalue weighted by molar-refractivity contribution is 5.85. The summed E-state index contributed by atoms with van der Waals surface area (Å²) in [4.78, 5) is 13.9. The highest BCUT2D eigenvalue weighted by atomic mass is 16.3. The van der Waals surface area contributed by atoms with Crippen LogP contribution in [0.4, 0.5) is 0 Å². The van der Waals surface area contributed by atoms with E-state index < -0.39 is 0 Å². The molecule has 0 heterocycles. The zero-order chi connectivity index (χ0) is 21.9. The third kappa shape index (κ3) is 4.50. The van der Waals surface area contributed by atoms with Crippen molar-refractivity contribution in [3.05, 3.63) is 0 Å². The number of fused-ring (bicyclic) bond motifs is 1. The number of nitrogens with zero attached hydrogens (tertiary/aromatic N) is 1. The highest BCUT2D eigenvalue weighted by Crippen LogP contribution is 2.61. The largest absolute Gasteiger partial charge is 0.393 e. The number of Topliss-reactive ketones (excluding diaryl/α,β-unsaturated/α-hetero) is 1. The summed E-state index contributed by atoms with van der Waals surface area (Å²) >= 11 is 0. The van der Waals surface area contributed by atoms with Crippen LogP contribution in [0.5, 0.6) is 0 Å². The van der Waals surface area contributed by atoms with E-state index in [-0.39, 0.29) is 23.4 Å². The van der Waals surface area contributed by atoms with Gasteiger partial charge in [0, 0.05) is 18.3 Å². The van der Waals surface area contributed by atoms with Crippen molar-refractivity contribution in [3.8, 4) is 6.07 Å². The molecule has 3 nitrogen and oxygen atoms in total. The molecule has 0 aromatic carbocycles. The molecular formula is C27H45NO2. The average Bonchev–Trinajstić information content (AvgIpc) is 3.21. The molecule has 0 saturated heterocycles. The Morgan fingerprint density at radius 1 is 1.23 bits per heavy atom. The molecule has 0 aromatic heterocycles. The molecule has 0 amide bonds. The monoisotopic (exact) mass is 415 g/mol. The zero-order valence-corrected chi connectivity index (χ0v) is 19.9. The van der Waals surface area contributed by atoms with Gasteiger partial charge in [0.15, 0.2) is 0 Å². The van der Waals surface area contributed by atoms with Crippen LogP contribution in [0, 0.1) is 58.2 Å². The molecule has 0 aliphatic heterocycles. The van der Waals surface area contributed by atoms with E-state index in [1.54, 1.807) is 0 Å². The molecule has 1 N–H and O–H groups in total. The van der Waals surface area contributed by atoms with Crippen LogP contribution in [-0.2, 0) is 4.79 Å². The summed E-state index contributed by atoms with van der Waals surface area (Å²) in [5.41, 5.74) is 0.207. The number of nitriles is 1. The summed E-state index contributed by atoms with van der Waals surface area (Å²) in [7, 11) is 0. The minimum atomic E-state index is -0.217. The maximum absolute atomic E-state index is 13.9. The molecule has 3 rings (SSSR count). The Hall–Kier alpha value is -0.880. The van der Waals surface area contributed by atoms with Gasteiger partial charge in [0.05, 0.1) is 12.2 Å². The van der Waals surface area contributed by atoms with E-state index >= 15 is 0 Å². The summed E-state index contributed by atoms with van der Waals surface area (Å²) in [6.45, 7) is 9.25. The lowest BCUT2D eigenvalue weighted by molar-refractivity contribution is -0.159. The first-order valence-electron chi connectivity index (χ1n) is 13.0. The van der Waals surface area contributed by atoms with Gasteiger partial charge in [-0.05, 0) is 92.8 Å². The predicted octanol–water partition coefficient (Wildman–Crippen LogP) is 6.54. The van der Waals surface area contributed by atoms with Gasteiger partial charge >= 0.3 is 0 Å². The fraction of sp³-hybridized carbons (Fsp3) is 0.926. The fourth-order valence-corrected chi connectivity index (χ4v) is 7.88. The van der Waals surface area contributed by atoms with Gasteiger partial charge in [0.25, 0.3) is 0 Å². The minimum Gasteiger partial charge on any atom is -0.393 e. The minimum absolute atomic E-state index is 0.142. The van der Waals surface area contributed by atoms with Crippen LogP contribution in [0.15, 0.2) is 0 Å². The Morgan fingerprint density at radius 3 is 2.67 bits per heavy atom. The summed E-state index contributed by atoms with van der Waals surface area (Å²) in [5.74, 6) is 3.58. The smallest absolute Gasteiger partial charge is 0.139 e. The summed E-state index contributed by atoms with van der Waals surface area (Å²) in [5, 5.41) is 19.4. The van der Waals surface area contributed by atoms with Gasteiger partial charge in [0.1, 0.15) is 5.78 Å². The lowest BCUT2D eigenvalue weighted by Gasteiger charge is -2.58.